The number of carbonyl (C=O) groups excluding carboxylic acids is 1. The highest BCUT2D eigenvalue weighted by molar-refractivity contribution is 5.79. The molecule has 2 aromatic rings. The van der Waals surface area contributed by atoms with Crippen LogP contribution in [-0.4, -0.2) is 69.1 Å². The van der Waals surface area contributed by atoms with Gasteiger partial charge in [-0.1, -0.05) is 6.07 Å². The van der Waals surface area contributed by atoms with E-state index in [4.69, 9.17) is 0 Å². The Morgan fingerprint density at radius 3 is 2.43 bits per heavy atom. The lowest BCUT2D eigenvalue weighted by molar-refractivity contribution is -0.141. The number of amides is 1. The molecule has 2 N–H and O–H groups in total. The van der Waals surface area contributed by atoms with Gasteiger partial charge in [0.05, 0.1) is 5.69 Å². The van der Waals surface area contributed by atoms with Crippen molar-refractivity contribution in [1.29, 1.82) is 0 Å². The quantitative estimate of drug-likeness (QED) is 0.628. The summed E-state index contributed by atoms with van der Waals surface area (Å²) in [7, 11) is 0. The number of rotatable bonds is 5. The van der Waals surface area contributed by atoms with Gasteiger partial charge in [-0.15, -0.1) is 0 Å². The molecule has 4 heterocycles. The lowest BCUT2D eigenvalue weighted by atomic mass is 9.79. The van der Waals surface area contributed by atoms with Crippen LogP contribution in [0.2, 0.25) is 0 Å². The van der Waals surface area contributed by atoms with Gasteiger partial charge >= 0.3 is 6.18 Å². The standard InChI is InChI=1S/C26H33F3N6O2/c27-26(28,29)22-15-23(32-17-31-22)34-12-6-18(7-13-34)24(36)35-14-8-20(16-35)33-19-4-9-25(37,10-5-19)21-3-1-2-11-30-21/h1-3,11,15,17-20,33,37H,4-10,12-14,16H2/t19?,20-,25?/m0/s1. The molecule has 1 amide bonds. The van der Waals surface area contributed by atoms with E-state index in [1.165, 1.54) is 0 Å². The number of aliphatic hydroxyl groups is 1. The van der Waals surface area contributed by atoms with Gasteiger partial charge in [0.25, 0.3) is 0 Å². The van der Waals surface area contributed by atoms with Crippen LogP contribution < -0.4 is 10.2 Å². The molecule has 37 heavy (non-hydrogen) atoms. The van der Waals surface area contributed by atoms with Crippen molar-refractivity contribution in [2.24, 2.45) is 5.92 Å². The lowest BCUT2D eigenvalue weighted by Gasteiger charge is -2.37. The van der Waals surface area contributed by atoms with Crippen LogP contribution in [0, 0.1) is 5.92 Å². The maximum absolute atomic E-state index is 13.2. The van der Waals surface area contributed by atoms with E-state index in [-0.39, 0.29) is 23.7 Å². The molecule has 1 aliphatic carbocycles. The number of likely N-dealkylation sites (tertiary alicyclic amines) is 1. The Kier molecular flexibility index (Phi) is 7.35. The molecule has 8 nitrogen and oxygen atoms in total. The van der Waals surface area contributed by atoms with Crippen LogP contribution in [0.25, 0.3) is 0 Å². The van der Waals surface area contributed by atoms with Crippen LogP contribution in [0.4, 0.5) is 19.0 Å². The molecule has 0 radical (unpaired) electrons. The molecule has 2 saturated heterocycles. The van der Waals surface area contributed by atoms with E-state index in [9.17, 15) is 23.1 Å². The minimum absolute atomic E-state index is 0.123. The summed E-state index contributed by atoms with van der Waals surface area (Å²) in [5.74, 6) is 0.263. The molecule has 200 valence electrons. The number of halogens is 3. The van der Waals surface area contributed by atoms with E-state index in [1.54, 1.807) is 11.1 Å². The molecule has 0 spiro atoms. The molecule has 0 aromatic carbocycles. The zero-order valence-corrected chi connectivity index (χ0v) is 20.7. The Morgan fingerprint density at radius 1 is 1.00 bits per heavy atom. The van der Waals surface area contributed by atoms with Crippen molar-refractivity contribution in [3.63, 3.8) is 0 Å². The molecule has 0 unspecified atom stereocenters. The molecule has 3 aliphatic rings. The maximum atomic E-state index is 13.2. The summed E-state index contributed by atoms with van der Waals surface area (Å²) in [5.41, 5.74) is -1.09. The van der Waals surface area contributed by atoms with Crippen LogP contribution in [0.15, 0.2) is 36.8 Å². The molecule has 2 aromatic heterocycles. The fourth-order valence-electron chi connectivity index (χ4n) is 5.87. The summed E-state index contributed by atoms with van der Waals surface area (Å²) in [5, 5.41) is 14.7. The van der Waals surface area contributed by atoms with Crippen molar-refractivity contribution in [3.05, 3.63) is 48.2 Å². The van der Waals surface area contributed by atoms with Crippen molar-refractivity contribution in [2.75, 3.05) is 31.1 Å². The molecule has 1 saturated carbocycles. The Morgan fingerprint density at radius 2 is 1.76 bits per heavy atom. The van der Waals surface area contributed by atoms with Gasteiger partial charge in [0.1, 0.15) is 23.4 Å². The first-order valence-corrected chi connectivity index (χ1v) is 13.0. The van der Waals surface area contributed by atoms with E-state index >= 15 is 0 Å². The first kappa shape index (κ1) is 25.8. The van der Waals surface area contributed by atoms with Crippen molar-refractivity contribution in [3.8, 4) is 0 Å². The van der Waals surface area contributed by atoms with Gasteiger partial charge in [0.15, 0.2) is 0 Å². The number of anilines is 1. The Hall–Kier alpha value is -2.79. The van der Waals surface area contributed by atoms with Gasteiger partial charge in [-0.25, -0.2) is 9.97 Å². The molecular weight excluding hydrogens is 485 g/mol. The Bertz CT molecular complexity index is 1070. The second-order valence-electron chi connectivity index (χ2n) is 10.5. The summed E-state index contributed by atoms with van der Waals surface area (Å²) < 4.78 is 38.9. The average Bonchev–Trinajstić information content (AvgIpc) is 3.38. The second kappa shape index (κ2) is 10.5. The smallest absolute Gasteiger partial charge is 0.384 e. The third-order valence-electron chi connectivity index (χ3n) is 8.04. The first-order valence-electron chi connectivity index (χ1n) is 13.0. The number of piperidine rings is 1. The number of carbonyl (C=O) groups is 1. The predicted molar refractivity (Wildman–Crippen MR) is 130 cm³/mol. The second-order valence-corrected chi connectivity index (χ2v) is 10.5. The van der Waals surface area contributed by atoms with Crippen LogP contribution in [0.1, 0.15) is 56.3 Å². The summed E-state index contributed by atoms with van der Waals surface area (Å²) in [6.45, 7) is 2.35. The highest BCUT2D eigenvalue weighted by atomic mass is 19.4. The summed E-state index contributed by atoms with van der Waals surface area (Å²) in [4.78, 5) is 28.6. The molecule has 5 rings (SSSR count). The highest BCUT2D eigenvalue weighted by Crippen LogP contribution is 2.36. The number of hydrogen-bond donors (Lipinski definition) is 2. The number of hydrogen-bond acceptors (Lipinski definition) is 7. The third kappa shape index (κ3) is 5.87. The van der Waals surface area contributed by atoms with E-state index in [1.807, 2.05) is 23.1 Å². The van der Waals surface area contributed by atoms with Gasteiger partial charge in [0, 0.05) is 56.4 Å². The summed E-state index contributed by atoms with van der Waals surface area (Å²) >= 11 is 0. The largest absolute Gasteiger partial charge is 0.433 e. The van der Waals surface area contributed by atoms with Crippen LogP contribution in [-0.2, 0) is 16.6 Å². The first-order chi connectivity index (χ1) is 17.7. The minimum Gasteiger partial charge on any atom is -0.384 e. The number of alkyl halides is 3. The van der Waals surface area contributed by atoms with Crippen molar-refractivity contribution >= 4 is 11.7 Å². The van der Waals surface area contributed by atoms with Gasteiger partial charge in [-0.2, -0.15) is 13.2 Å². The number of nitrogens with zero attached hydrogens (tertiary/aromatic N) is 5. The van der Waals surface area contributed by atoms with Crippen molar-refractivity contribution < 1.29 is 23.1 Å². The maximum Gasteiger partial charge on any atom is 0.433 e. The average molecular weight is 519 g/mol. The minimum atomic E-state index is -4.51. The topological polar surface area (TPSA) is 94.5 Å². The van der Waals surface area contributed by atoms with Gasteiger partial charge in [0.2, 0.25) is 5.91 Å². The van der Waals surface area contributed by atoms with Gasteiger partial charge in [-0.3, -0.25) is 9.78 Å². The SMILES string of the molecule is O=C(C1CCN(c2cc(C(F)(F)F)ncn2)CC1)N1CC[C@H](NC2CCC(O)(c3ccccn3)CC2)C1. The van der Waals surface area contributed by atoms with Crippen LogP contribution in [0.3, 0.4) is 0 Å². The fourth-order valence-corrected chi connectivity index (χ4v) is 5.87. The van der Waals surface area contributed by atoms with E-state index in [2.05, 4.69) is 20.3 Å². The summed E-state index contributed by atoms with van der Waals surface area (Å²) in [6, 6.07) is 7.15. The lowest BCUT2D eigenvalue weighted by Crippen LogP contribution is -2.46. The number of nitrogens with one attached hydrogen (secondary N) is 1. The third-order valence-corrected chi connectivity index (χ3v) is 8.04. The Labute approximate surface area is 214 Å². The van der Waals surface area contributed by atoms with E-state index < -0.39 is 17.5 Å². The monoisotopic (exact) mass is 518 g/mol. The molecule has 0 bridgehead atoms. The predicted octanol–water partition coefficient (Wildman–Crippen LogP) is 3.13. The Balaban J connectivity index is 1.07. The van der Waals surface area contributed by atoms with Gasteiger partial charge in [-0.05, 0) is 57.1 Å². The van der Waals surface area contributed by atoms with Crippen LogP contribution in [0.5, 0.6) is 0 Å². The van der Waals surface area contributed by atoms with E-state index in [0.717, 1.165) is 37.4 Å². The van der Waals surface area contributed by atoms with Crippen molar-refractivity contribution in [2.45, 2.75) is 68.8 Å². The van der Waals surface area contributed by atoms with Crippen molar-refractivity contribution in [1.82, 2.24) is 25.2 Å². The zero-order valence-electron chi connectivity index (χ0n) is 20.7. The zero-order chi connectivity index (χ0) is 26.0. The molecule has 3 fully saturated rings. The molecule has 1 atom stereocenters. The highest BCUT2D eigenvalue weighted by Gasteiger charge is 2.38. The van der Waals surface area contributed by atoms with Gasteiger partial charge < -0.3 is 20.2 Å². The van der Waals surface area contributed by atoms with E-state index in [0.29, 0.717) is 57.9 Å². The summed E-state index contributed by atoms with van der Waals surface area (Å²) in [6.07, 6.45) is 3.25. The molecule has 2 aliphatic heterocycles. The number of aromatic nitrogens is 3. The molecule has 11 heteroatoms. The normalized spacial score (nSPS) is 27.5. The van der Waals surface area contributed by atoms with Crippen LogP contribution >= 0.6 is 0 Å². The molecular formula is C26H33F3N6O2. The fraction of sp³-hybridized carbons (Fsp3) is 0.615. The number of pyridine rings is 1.